The van der Waals surface area contributed by atoms with Crippen LogP contribution in [-0.2, 0) is 0 Å². The average Bonchev–Trinajstić information content (AvgIpc) is 2.18. The lowest BCUT2D eigenvalue weighted by atomic mass is 10.2. The molecule has 5 heteroatoms. The molecule has 0 saturated heterocycles. The van der Waals surface area contributed by atoms with Crippen LogP contribution in [0.15, 0.2) is 30.6 Å². The average molecular weight is 207 g/mol. The Morgan fingerprint density at radius 1 is 1.14 bits per heavy atom. The molecule has 0 aliphatic heterocycles. The Bertz CT molecular complexity index is 458. The number of nitrogen functional groups attached to an aromatic ring is 1. The summed E-state index contributed by atoms with van der Waals surface area (Å²) in [4.78, 5) is 11.8. The van der Waals surface area contributed by atoms with E-state index in [0.29, 0.717) is 10.8 Å². The molecule has 0 aliphatic rings. The van der Waals surface area contributed by atoms with Crippen LogP contribution in [0.3, 0.4) is 0 Å². The van der Waals surface area contributed by atoms with Crippen molar-refractivity contribution in [2.45, 2.75) is 0 Å². The minimum absolute atomic E-state index is 0.224. The van der Waals surface area contributed by atoms with Gasteiger partial charge in [0.25, 0.3) is 0 Å². The maximum atomic E-state index is 5.90. The van der Waals surface area contributed by atoms with Crippen LogP contribution in [0.25, 0.3) is 11.3 Å². The van der Waals surface area contributed by atoms with Crippen LogP contribution < -0.4 is 5.73 Å². The normalized spacial score (nSPS) is 10.1. The van der Waals surface area contributed by atoms with Gasteiger partial charge >= 0.3 is 0 Å². The number of anilines is 1. The molecule has 0 aromatic carbocycles. The lowest BCUT2D eigenvalue weighted by Gasteiger charge is -2.01. The third-order valence-electron chi connectivity index (χ3n) is 1.71. The van der Waals surface area contributed by atoms with Gasteiger partial charge in [-0.15, -0.1) is 0 Å². The molecular weight excluding hydrogens is 200 g/mol. The summed E-state index contributed by atoms with van der Waals surface area (Å²) < 4.78 is 0. The van der Waals surface area contributed by atoms with E-state index in [2.05, 4.69) is 15.0 Å². The number of nitrogens with two attached hydrogens (primary N) is 1. The molecule has 0 unspecified atom stereocenters. The lowest BCUT2D eigenvalue weighted by molar-refractivity contribution is 1.18. The quantitative estimate of drug-likeness (QED) is 0.723. The molecule has 0 aliphatic carbocycles. The van der Waals surface area contributed by atoms with E-state index in [9.17, 15) is 0 Å². The molecule has 0 bridgehead atoms. The fourth-order valence-electron chi connectivity index (χ4n) is 1.10. The fraction of sp³-hybridized carbons (Fsp3) is 0. The second-order valence-corrected chi connectivity index (χ2v) is 3.00. The number of nitrogens with zero attached hydrogens (tertiary/aromatic N) is 3. The van der Waals surface area contributed by atoms with E-state index in [-0.39, 0.29) is 5.95 Å². The number of pyridine rings is 1. The Hall–Kier alpha value is -1.68. The lowest BCUT2D eigenvalue weighted by Crippen LogP contribution is -1.95. The fourth-order valence-corrected chi connectivity index (χ4v) is 1.32. The predicted molar refractivity (Wildman–Crippen MR) is 54.7 cm³/mol. The van der Waals surface area contributed by atoms with E-state index < -0.39 is 0 Å². The number of aromatic nitrogens is 3. The highest BCUT2D eigenvalue weighted by atomic mass is 35.5. The maximum Gasteiger partial charge on any atom is 0.220 e. The molecule has 2 rings (SSSR count). The molecule has 2 N–H and O–H groups in total. The van der Waals surface area contributed by atoms with Crippen LogP contribution >= 0.6 is 11.6 Å². The third-order valence-corrected chi connectivity index (χ3v) is 2.01. The first-order chi connectivity index (χ1) is 6.77. The van der Waals surface area contributed by atoms with Crippen LogP contribution in [0.2, 0.25) is 5.15 Å². The summed E-state index contributed by atoms with van der Waals surface area (Å²) in [6.07, 6.45) is 3.21. The van der Waals surface area contributed by atoms with Gasteiger partial charge in [0, 0.05) is 18.0 Å². The largest absolute Gasteiger partial charge is 0.368 e. The zero-order chi connectivity index (χ0) is 9.97. The smallest absolute Gasteiger partial charge is 0.220 e. The van der Waals surface area contributed by atoms with Gasteiger partial charge in [0.05, 0.1) is 5.69 Å². The van der Waals surface area contributed by atoms with Crippen molar-refractivity contribution in [3.8, 4) is 11.3 Å². The molecular formula is C9H7ClN4. The van der Waals surface area contributed by atoms with Gasteiger partial charge in [0.2, 0.25) is 5.95 Å². The summed E-state index contributed by atoms with van der Waals surface area (Å²) in [6, 6.07) is 5.36. The molecule has 0 spiro atoms. The molecule has 2 aromatic rings. The van der Waals surface area contributed by atoms with Crippen molar-refractivity contribution in [3.63, 3.8) is 0 Å². The summed E-state index contributed by atoms with van der Waals surface area (Å²) in [5, 5.41) is 0.408. The monoisotopic (exact) mass is 206 g/mol. The zero-order valence-corrected chi connectivity index (χ0v) is 7.94. The molecule has 0 radical (unpaired) electrons. The van der Waals surface area contributed by atoms with Crippen LogP contribution in [-0.4, -0.2) is 15.0 Å². The summed E-state index contributed by atoms with van der Waals surface area (Å²) in [6.45, 7) is 0. The highest BCUT2D eigenvalue weighted by Crippen LogP contribution is 2.23. The number of halogens is 1. The van der Waals surface area contributed by atoms with Gasteiger partial charge in [0.15, 0.2) is 0 Å². The summed E-state index contributed by atoms with van der Waals surface area (Å²) in [5.41, 5.74) is 6.89. The van der Waals surface area contributed by atoms with Gasteiger partial charge < -0.3 is 5.73 Å². The van der Waals surface area contributed by atoms with Crippen LogP contribution in [0.4, 0.5) is 5.95 Å². The van der Waals surface area contributed by atoms with Crippen molar-refractivity contribution in [1.82, 2.24) is 15.0 Å². The van der Waals surface area contributed by atoms with E-state index in [0.717, 1.165) is 5.56 Å². The Balaban J connectivity index is 2.55. The number of hydrogen-bond donors (Lipinski definition) is 1. The van der Waals surface area contributed by atoms with E-state index >= 15 is 0 Å². The van der Waals surface area contributed by atoms with Crippen molar-refractivity contribution >= 4 is 17.5 Å². The molecule has 4 nitrogen and oxygen atoms in total. The van der Waals surface area contributed by atoms with E-state index in [1.165, 1.54) is 0 Å². The highest BCUT2D eigenvalue weighted by molar-refractivity contribution is 6.32. The number of rotatable bonds is 1. The Labute approximate surface area is 85.8 Å². The van der Waals surface area contributed by atoms with E-state index in [1.54, 1.807) is 24.5 Å². The maximum absolute atomic E-state index is 5.90. The summed E-state index contributed by atoms with van der Waals surface area (Å²) >= 11 is 5.90. The first-order valence-corrected chi connectivity index (χ1v) is 4.34. The molecule has 0 atom stereocenters. The second kappa shape index (κ2) is 3.59. The Kier molecular flexibility index (Phi) is 2.28. The standard InChI is InChI=1S/C9H7ClN4/c10-8-6(2-1-4-12-8)7-3-5-13-9(11)14-7/h1-5H,(H2,11,13,14). The molecule has 2 heterocycles. The Morgan fingerprint density at radius 2 is 2.00 bits per heavy atom. The minimum atomic E-state index is 0.224. The molecule has 0 fully saturated rings. The predicted octanol–water partition coefficient (Wildman–Crippen LogP) is 1.77. The molecule has 2 aromatic heterocycles. The SMILES string of the molecule is Nc1nccc(-c2cccnc2Cl)n1. The van der Waals surface area contributed by atoms with Crippen LogP contribution in [0.1, 0.15) is 0 Å². The molecule has 14 heavy (non-hydrogen) atoms. The van der Waals surface area contributed by atoms with Gasteiger partial charge in [-0.2, -0.15) is 0 Å². The summed E-state index contributed by atoms with van der Waals surface area (Å²) in [5.74, 6) is 0.224. The van der Waals surface area contributed by atoms with Gasteiger partial charge in [-0.25, -0.2) is 15.0 Å². The van der Waals surface area contributed by atoms with E-state index in [1.807, 2.05) is 6.07 Å². The van der Waals surface area contributed by atoms with Crippen molar-refractivity contribution in [2.24, 2.45) is 0 Å². The van der Waals surface area contributed by atoms with Crippen molar-refractivity contribution in [3.05, 3.63) is 35.7 Å². The third kappa shape index (κ3) is 1.65. The van der Waals surface area contributed by atoms with E-state index in [4.69, 9.17) is 17.3 Å². The first kappa shape index (κ1) is 8.90. The molecule has 0 amide bonds. The summed E-state index contributed by atoms with van der Waals surface area (Å²) in [7, 11) is 0. The van der Waals surface area contributed by atoms with Crippen LogP contribution in [0.5, 0.6) is 0 Å². The van der Waals surface area contributed by atoms with Gasteiger partial charge in [-0.3, -0.25) is 0 Å². The molecule has 70 valence electrons. The van der Waals surface area contributed by atoms with Gasteiger partial charge in [0.1, 0.15) is 5.15 Å². The topological polar surface area (TPSA) is 64.7 Å². The van der Waals surface area contributed by atoms with Crippen molar-refractivity contribution in [1.29, 1.82) is 0 Å². The first-order valence-electron chi connectivity index (χ1n) is 3.97. The van der Waals surface area contributed by atoms with Crippen molar-refractivity contribution in [2.75, 3.05) is 5.73 Å². The minimum Gasteiger partial charge on any atom is -0.368 e. The Morgan fingerprint density at radius 3 is 2.71 bits per heavy atom. The second-order valence-electron chi connectivity index (χ2n) is 2.64. The van der Waals surface area contributed by atoms with Crippen LogP contribution in [0, 0.1) is 0 Å². The van der Waals surface area contributed by atoms with Gasteiger partial charge in [-0.1, -0.05) is 11.6 Å². The van der Waals surface area contributed by atoms with Crippen molar-refractivity contribution < 1.29 is 0 Å². The van der Waals surface area contributed by atoms with Gasteiger partial charge in [-0.05, 0) is 18.2 Å². The zero-order valence-electron chi connectivity index (χ0n) is 7.18. The molecule has 0 saturated carbocycles. The number of hydrogen-bond acceptors (Lipinski definition) is 4. The highest BCUT2D eigenvalue weighted by Gasteiger charge is 2.04.